The quantitative estimate of drug-likeness (QED) is 0.593. The third-order valence-corrected chi connectivity index (χ3v) is 2.91. The van der Waals surface area contributed by atoms with Gasteiger partial charge in [-0.05, 0) is 18.6 Å². The van der Waals surface area contributed by atoms with Crippen molar-refractivity contribution in [3.63, 3.8) is 0 Å². The Labute approximate surface area is 110 Å². The van der Waals surface area contributed by atoms with Gasteiger partial charge in [-0.1, -0.05) is 28.1 Å². The zero-order valence-corrected chi connectivity index (χ0v) is 11.2. The number of hydrogen-bond donors (Lipinski definition) is 0. The molecule has 1 atom stereocenters. The Balaban J connectivity index is 3.47. The van der Waals surface area contributed by atoms with Gasteiger partial charge >= 0.3 is 6.18 Å². The predicted molar refractivity (Wildman–Crippen MR) is 63.7 cm³/mol. The van der Waals surface area contributed by atoms with Crippen LogP contribution in [0, 0.1) is 0 Å². The lowest BCUT2D eigenvalue weighted by Gasteiger charge is -2.15. The molecule has 1 aromatic carbocycles. The maximum Gasteiger partial charge on any atom is 0.417 e. The maximum atomic E-state index is 12.8. The number of Topliss-reactive ketones (excluding diaryl/α,β-unsaturated/α-hetero) is 1. The number of rotatable bonds is 3. The Hall–Kier alpha value is -0.550. The molecule has 6 heteroatoms. The fraction of sp³-hybridized carbons (Fsp3) is 0.364. The van der Waals surface area contributed by atoms with Crippen molar-refractivity contribution in [2.75, 3.05) is 0 Å². The molecule has 0 spiro atoms. The van der Waals surface area contributed by atoms with Crippen LogP contribution in [0.3, 0.4) is 0 Å². The number of benzene rings is 1. The van der Waals surface area contributed by atoms with Gasteiger partial charge in [0.1, 0.15) is 0 Å². The van der Waals surface area contributed by atoms with Gasteiger partial charge in [0.05, 0.1) is 10.4 Å². The first-order chi connectivity index (χ1) is 7.79. The number of ketones is 1. The van der Waals surface area contributed by atoms with Crippen molar-refractivity contribution in [1.29, 1.82) is 0 Å². The zero-order chi connectivity index (χ0) is 13.2. The van der Waals surface area contributed by atoms with Crippen molar-refractivity contribution < 1.29 is 18.0 Å². The highest BCUT2D eigenvalue weighted by Gasteiger charge is 2.36. The van der Waals surface area contributed by atoms with Crippen LogP contribution < -0.4 is 0 Å². The van der Waals surface area contributed by atoms with E-state index in [0.717, 1.165) is 6.07 Å². The average molecular weight is 330 g/mol. The number of carbonyl (C=O) groups is 1. The molecule has 0 amide bonds. The van der Waals surface area contributed by atoms with Gasteiger partial charge in [0.25, 0.3) is 0 Å². The molecule has 0 aliphatic heterocycles. The van der Waals surface area contributed by atoms with Gasteiger partial charge in [-0.15, -0.1) is 11.6 Å². The summed E-state index contributed by atoms with van der Waals surface area (Å²) in [5.74, 6) is -0.751. The molecule has 1 aromatic rings. The van der Waals surface area contributed by atoms with Gasteiger partial charge < -0.3 is 0 Å². The molecule has 0 aromatic heterocycles. The SMILES string of the molecule is CC(Br)C(=O)c1c(CCl)cccc1C(F)(F)F. The normalized spacial score (nSPS) is 13.5. The third kappa shape index (κ3) is 3.22. The summed E-state index contributed by atoms with van der Waals surface area (Å²) >= 11 is 8.55. The fourth-order valence-electron chi connectivity index (χ4n) is 1.44. The minimum absolute atomic E-state index is 0.134. The van der Waals surface area contributed by atoms with Crippen molar-refractivity contribution in [3.8, 4) is 0 Å². The van der Waals surface area contributed by atoms with Crippen molar-refractivity contribution in [3.05, 3.63) is 34.9 Å². The molecule has 0 radical (unpaired) electrons. The van der Waals surface area contributed by atoms with E-state index in [-0.39, 0.29) is 17.0 Å². The Kier molecular flexibility index (Phi) is 4.61. The van der Waals surface area contributed by atoms with Gasteiger partial charge in [0.2, 0.25) is 0 Å². The Morgan fingerprint density at radius 3 is 2.47 bits per heavy atom. The van der Waals surface area contributed by atoms with E-state index in [9.17, 15) is 18.0 Å². The van der Waals surface area contributed by atoms with Crippen molar-refractivity contribution in [1.82, 2.24) is 0 Å². The van der Waals surface area contributed by atoms with Gasteiger partial charge in [0.15, 0.2) is 5.78 Å². The Morgan fingerprint density at radius 2 is 2.06 bits per heavy atom. The number of hydrogen-bond acceptors (Lipinski definition) is 1. The summed E-state index contributed by atoms with van der Waals surface area (Å²) in [4.78, 5) is 11.1. The van der Waals surface area contributed by atoms with Crippen LogP contribution in [-0.4, -0.2) is 10.6 Å². The maximum absolute atomic E-state index is 12.8. The van der Waals surface area contributed by atoms with E-state index in [0.29, 0.717) is 0 Å². The van der Waals surface area contributed by atoms with E-state index in [1.807, 2.05) is 0 Å². The second kappa shape index (κ2) is 5.40. The number of carbonyl (C=O) groups excluding carboxylic acids is 1. The van der Waals surface area contributed by atoms with E-state index in [4.69, 9.17) is 11.6 Å². The van der Waals surface area contributed by atoms with Crippen LogP contribution >= 0.6 is 27.5 Å². The lowest BCUT2D eigenvalue weighted by molar-refractivity contribution is -0.137. The molecule has 0 aliphatic carbocycles. The van der Waals surface area contributed by atoms with Crippen LogP contribution in [0.5, 0.6) is 0 Å². The molecule has 94 valence electrons. The Morgan fingerprint density at radius 1 is 1.47 bits per heavy atom. The minimum Gasteiger partial charge on any atom is -0.293 e. The molecule has 0 bridgehead atoms. The summed E-state index contributed by atoms with van der Waals surface area (Å²) < 4.78 is 38.3. The second-order valence-corrected chi connectivity index (χ2v) is 5.09. The predicted octanol–water partition coefficient (Wildman–Crippen LogP) is 4.41. The molecule has 1 rings (SSSR count). The van der Waals surface area contributed by atoms with E-state index in [2.05, 4.69) is 15.9 Å². The van der Waals surface area contributed by atoms with Crippen LogP contribution in [0.15, 0.2) is 18.2 Å². The molecule has 1 nitrogen and oxygen atoms in total. The van der Waals surface area contributed by atoms with Crippen LogP contribution in [-0.2, 0) is 12.1 Å². The van der Waals surface area contributed by atoms with Crippen molar-refractivity contribution >= 4 is 33.3 Å². The van der Waals surface area contributed by atoms with Crippen LogP contribution in [0.2, 0.25) is 0 Å². The van der Waals surface area contributed by atoms with Gasteiger partial charge in [-0.2, -0.15) is 13.2 Å². The van der Waals surface area contributed by atoms with E-state index >= 15 is 0 Å². The highest BCUT2D eigenvalue weighted by atomic mass is 79.9. The molecule has 0 heterocycles. The molecular formula is C11H9BrClF3O. The van der Waals surface area contributed by atoms with Crippen LogP contribution in [0.25, 0.3) is 0 Å². The molecule has 0 fully saturated rings. The lowest BCUT2D eigenvalue weighted by atomic mass is 9.96. The topological polar surface area (TPSA) is 17.1 Å². The smallest absolute Gasteiger partial charge is 0.293 e. The summed E-state index contributed by atoms with van der Waals surface area (Å²) in [7, 11) is 0. The Bertz CT molecular complexity index is 429. The summed E-state index contributed by atoms with van der Waals surface area (Å²) in [6.45, 7) is 1.48. The minimum atomic E-state index is -4.56. The van der Waals surface area contributed by atoms with Crippen LogP contribution in [0.4, 0.5) is 13.2 Å². The van der Waals surface area contributed by atoms with Gasteiger partial charge in [-0.3, -0.25) is 4.79 Å². The highest BCUT2D eigenvalue weighted by Crippen LogP contribution is 2.35. The molecule has 0 saturated heterocycles. The first-order valence-electron chi connectivity index (χ1n) is 4.72. The van der Waals surface area contributed by atoms with E-state index < -0.39 is 22.4 Å². The molecule has 1 unspecified atom stereocenters. The first-order valence-corrected chi connectivity index (χ1v) is 6.17. The summed E-state index contributed by atoms with van der Waals surface area (Å²) in [5.41, 5.74) is -1.09. The summed E-state index contributed by atoms with van der Waals surface area (Å²) in [6, 6.07) is 3.56. The largest absolute Gasteiger partial charge is 0.417 e. The zero-order valence-electron chi connectivity index (χ0n) is 8.81. The van der Waals surface area contributed by atoms with Gasteiger partial charge in [0, 0.05) is 11.4 Å². The summed E-state index contributed by atoms with van der Waals surface area (Å²) in [5, 5.41) is 0. The van der Waals surface area contributed by atoms with Gasteiger partial charge in [-0.25, -0.2) is 0 Å². The highest BCUT2D eigenvalue weighted by molar-refractivity contribution is 9.10. The molecule has 17 heavy (non-hydrogen) atoms. The second-order valence-electron chi connectivity index (χ2n) is 3.45. The molecule has 0 N–H and O–H groups in total. The van der Waals surface area contributed by atoms with Crippen molar-refractivity contribution in [2.45, 2.75) is 23.8 Å². The standard InChI is InChI=1S/C11H9BrClF3O/c1-6(12)10(17)9-7(5-13)3-2-4-8(9)11(14,15)16/h2-4,6H,5H2,1H3. The van der Waals surface area contributed by atoms with Crippen LogP contribution in [0.1, 0.15) is 28.4 Å². The average Bonchev–Trinajstić information content (AvgIpc) is 2.25. The third-order valence-electron chi connectivity index (χ3n) is 2.21. The van der Waals surface area contributed by atoms with Crippen molar-refractivity contribution in [2.24, 2.45) is 0 Å². The molecule has 0 saturated carbocycles. The lowest BCUT2D eigenvalue weighted by Crippen LogP contribution is -2.19. The number of halogens is 5. The number of alkyl halides is 5. The molecule has 0 aliphatic rings. The molecular weight excluding hydrogens is 320 g/mol. The van der Waals surface area contributed by atoms with E-state index in [1.165, 1.54) is 19.1 Å². The van der Waals surface area contributed by atoms with E-state index in [1.54, 1.807) is 0 Å². The summed E-state index contributed by atoms with van der Waals surface area (Å²) in [6.07, 6.45) is -4.56. The monoisotopic (exact) mass is 328 g/mol. The fourth-order valence-corrected chi connectivity index (χ4v) is 1.89. The first kappa shape index (κ1) is 14.5.